The first-order valence-corrected chi connectivity index (χ1v) is 5.56. The Kier molecular flexibility index (Phi) is 3.42. The summed E-state index contributed by atoms with van der Waals surface area (Å²) < 4.78 is 17.7. The van der Waals surface area contributed by atoms with Crippen molar-refractivity contribution < 1.29 is 13.9 Å². The number of rotatable bonds is 2. The molecule has 92 valence electrons. The molecule has 0 atom stereocenters. The highest BCUT2D eigenvalue weighted by molar-refractivity contribution is 5.90. The van der Waals surface area contributed by atoms with E-state index in [0.717, 1.165) is 16.7 Å². The second kappa shape index (κ2) is 5.00. The molecule has 0 saturated carbocycles. The number of carbonyl (C=O) groups is 1. The first kappa shape index (κ1) is 12.3. The lowest BCUT2D eigenvalue weighted by molar-refractivity contribution is 0.0601. The van der Waals surface area contributed by atoms with Crippen molar-refractivity contribution in [2.24, 2.45) is 0 Å². The molecule has 2 rings (SSSR count). The van der Waals surface area contributed by atoms with Gasteiger partial charge in [-0.3, -0.25) is 0 Å². The molecule has 0 spiro atoms. The zero-order valence-corrected chi connectivity index (χ0v) is 10.2. The molecule has 0 aliphatic rings. The number of hydrogen-bond donors (Lipinski definition) is 0. The van der Waals surface area contributed by atoms with E-state index >= 15 is 0 Å². The van der Waals surface area contributed by atoms with Gasteiger partial charge in [0.05, 0.1) is 12.7 Å². The van der Waals surface area contributed by atoms with Crippen molar-refractivity contribution in [1.29, 1.82) is 0 Å². The van der Waals surface area contributed by atoms with Crippen LogP contribution in [0.1, 0.15) is 15.9 Å². The number of benzene rings is 2. The minimum Gasteiger partial charge on any atom is -0.465 e. The fraction of sp³-hybridized carbons (Fsp3) is 0.133. The van der Waals surface area contributed by atoms with Gasteiger partial charge in [-0.2, -0.15) is 0 Å². The van der Waals surface area contributed by atoms with E-state index in [1.165, 1.54) is 19.2 Å². The van der Waals surface area contributed by atoms with Crippen LogP contribution in [0.15, 0.2) is 42.5 Å². The van der Waals surface area contributed by atoms with E-state index < -0.39 is 0 Å². The monoisotopic (exact) mass is 244 g/mol. The second-order valence-electron chi connectivity index (χ2n) is 4.03. The Morgan fingerprint density at radius 1 is 1.11 bits per heavy atom. The van der Waals surface area contributed by atoms with Gasteiger partial charge in [0.15, 0.2) is 0 Å². The van der Waals surface area contributed by atoms with Crippen molar-refractivity contribution >= 4 is 5.97 Å². The molecule has 0 heterocycles. The smallest absolute Gasteiger partial charge is 0.337 e. The zero-order valence-electron chi connectivity index (χ0n) is 10.2. The van der Waals surface area contributed by atoms with Gasteiger partial charge in [0.25, 0.3) is 0 Å². The lowest BCUT2D eigenvalue weighted by atomic mass is 9.99. The van der Waals surface area contributed by atoms with Gasteiger partial charge < -0.3 is 4.74 Å². The van der Waals surface area contributed by atoms with Gasteiger partial charge in [-0.1, -0.05) is 18.2 Å². The Morgan fingerprint density at radius 3 is 2.33 bits per heavy atom. The van der Waals surface area contributed by atoms with Crippen LogP contribution >= 0.6 is 0 Å². The van der Waals surface area contributed by atoms with Gasteiger partial charge in [-0.05, 0) is 47.9 Å². The lowest BCUT2D eigenvalue weighted by Gasteiger charge is -2.07. The quantitative estimate of drug-likeness (QED) is 0.755. The van der Waals surface area contributed by atoms with Crippen molar-refractivity contribution in [3.8, 4) is 11.1 Å². The fourth-order valence-electron chi connectivity index (χ4n) is 1.85. The summed E-state index contributed by atoms with van der Waals surface area (Å²) in [5, 5.41) is 0. The van der Waals surface area contributed by atoms with Gasteiger partial charge in [0, 0.05) is 0 Å². The summed E-state index contributed by atoms with van der Waals surface area (Å²) >= 11 is 0. The van der Waals surface area contributed by atoms with Crippen LogP contribution in [0, 0.1) is 12.7 Å². The molecular weight excluding hydrogens is 231 g/mol. The fourth-order valence-corrected chi connectivity index (χ4v) is 1.85. The Morgan fingerprint density at radius 2 is 1.78 bits per heavy atom. The molecule has 0 unspecified atom stereocenters. The molecule has 0 fully saturated rings. The zero-order chi connectivity index (χ0) is 13.1. The maximum atomic E-state index is 13.0. The first-order valence-electron chi connectivity index (χ1n) is 5.56. The average molecular weight is 244 g/mol. The molecule has 0 saturated heterocycles. The molecule has 0 aliphatic carbocycles. The van der Waals surface area contributed by atoms with Crippen LogP contribution in [0.25, 0.3) is 11.1 Å². The Balaban J connectivity index is 2.37. The summed E-state index contributed by atoms with van der Waals surface area (Å²) in [7, 11) is 1.35. The van der Waals surface area contributed by atoms with E-state index in [9.17, 15) is 9.18 Å². The minimum absolute atomic E-state index is 0.248. The maximum absolute atomic E-state index is 13.0. The molecule has 0 radical (unpaired) electrons. The third-order valence-electron chi connectivity index (χ3n) is 2.81. The van der Waals surface area contributed by atoms with Crippen LogP contribution in [0.3, 0.4) is 0 Å². The molecular formula is C15H13FO2. The van der Waals surface area contributed by atoms with E-state index in [1.54, 1.807) is 18.2 Å². The predicted molar refractivity (Wildman–Crippen MR) is 67.9 cm³/mol. The van der Waals surface area contributed by atoms with Crippen LogP contribution in [0.2, 0.25) is 0 Å². The molecule has 0 aromatic heterocycles. The molecule has 2 aromatic rings. The first-order chi connectivity index (χ1) is 8.61. The van der Waals surface area contributed by atoms with Gasteiger partial charge >= 0.3 is 5.97 Å². The normalized spacial score (nSPS) is 10.2. The summed E-state index contributed by atoms with van der Waals surface area (Å²) in [6.45, 7) is 1.85. The molecule has 0 aliphatic heterocycles. The summed E-state index contributed by atoms with van der Waals surface area (Å²) in [6.07, 6.45) is 0. The van der Waals surface area contributed by atoms with Crippen molar-refractivity contribution in [2.75, 3.05) is 7.11 Å². The number of hydrogen-bond acceptors (Lipinski definition) is 2. The molecule has 2 nitrogen and oxygen atoms in total. The molecule has 0 amide bonds. The highest BCUT2D eigenvalue weighted by Gasteiger charge is 2.07. The van der Waals surface area contributed by atoms with Crippen LogP contribution in [0.5, 0.6) is 0 Å². The Bertz CT molecular complexity index is 574. The predicted octanol–water partition coefficient (Wildman–Crippen LogP) is 3.59. The number of esters is 1. The van der Waals surface area contributed by atoms with Crippen molar-refractivity contribution in [2.45, 2.75) is 6.92 Å². The van der Waals surface area contributed by atoms with Gasteiger partial charge in [-0.25, -0.2) is 9.18 Å². The van der Waals surface area contributed by atoms with Gasteiger partial charge in [0.2, 0.25) is 0 Å². The van der Waals surface area contributed by atoms with Gasteiger partial charge in [0.1, 0.15) is 5.82 Å². The summed E-state index contributed by atoms with van der Waals surface area (Å²) in [6, 6.07) is 11.7. The second-order valence-corrected chi connectivity index (χ2v) is 4.03. The number of ether oxygens (including phenoxy) is 1. The summed E-state index contributed by atoms with van der Waals surface area (Å²) in [4.78, 5) is 11.3. The number of carbonyl (C=O) groups excluding carboxylic acids is 1. The molecule has 3 heteroatoms. The van der Waals surface area contributed by atoms with E-state index in [0.29, 0.717) is 5.56 Å². The Labute approximate surface area is 105 Å². The van der Waals surface area contributed by atoms with Crippen LogP contribution in [-0.2, 0) is 4.74 Å². The molecule has 0 N–H and O–H groups in total. The number of methoxy groups -OCH3 is 1. The van der Waals surface area contributed by atoms with E-state index in [-0.39, 0.29) is 11.8 Å². The maximum Gasteiger partial charge on any atom is 0.337 e. The average Bonchev–Trinajstić information content (AvgIpc) is 2.38. The standard InChI is InChI=1S/C15H13FO2/c1-10-9-13(16)7-8-14(10)11-3-5-12(6-4-11)15(17)18-2/h3-9H,1-2H3. The topological polar surface area (TPSA) is 26.3 Å². The largest absolute Gasteiger partial charge is 0.465 e. The SMILES string of the molecule is COC(=O)c1ccc(-c2ccc(F)cc2C)cc1. The third-order valence-corrected chi connectivity index (χ3v) is 2.81. The van der Waals surface area contributed by atoms with E-state index in [1.807, 2.05) is 19.1 Å². The minimum atomic E-state index is -0.364. The highest BCUT2D eigenvalue weighted by atomic mass is 19.1. The van der Waals surface area contributed by atoms with Crippen LogP contribution < -0.4 is 0 Å². The number of halogens is 1. The van der Waals surface area contributed by atoms with Crippen LogP contribution in [-0.4, -0.2) is 13.1 Å². The van der Waals surface area contributed by atoms with E-state index in [4.69, 9.17) is 0 Å². The van der Waals surface area contributed by atoms with Gasteiger partial charge in [-0.15, -0.1) is 0 Å². The summed E-state index contributed by atoms with van der Waals surface area (Å²) in [5.74, 6) is -0.611. The molecule has 0 bridgehead atoms. The van der Waals surface area contributed by atoms with E-state index in [2.05, 4.69) is 4.74 Å². The van der Waals surface area contributed by atoms with Crippen molar-refractivity contribution in [3.05, 3.63) is 59.4 Å². The summed E-state index contributed by atoms with van der Waals surface area (Å²) in [5.41, 5.74) is 3.26. The number of aryl methyl sites for hydroxylation is 1. The third kappa shape index (κ3) is 2.40. The van der Waals surface area contributed by atoms with Crippen LogP contribution in [0.4, 0.5) is 4.39 Å². The van der Waals surface area contributed by atoms with Crippen molar-refractivity contribution in [3.63, 3.8) is 0 Å². The molecule has 2 aromatic carbocycles. The Hall–Kier alpha value is -2.16. The lowest BCUT2D eigenvalue weighted by Crippen LogP contribution is -2.00. The highest BCUT2D eigenvalue weighted by Crippen LogP contribution is 2.24. The van der Waals surface area contributed by atoms with Crippen molar-refractivity contribution in [1.82, 2.24) is 0 Å². The molecule has 18 heavy (non-hydrogen) atoms.